The number of benzene rings is 2. The summed E-state index contributed by atoms with van der Waals surface area (Å²) in [5, 5.41) is 7.61. The first-order chi connectivity index (χ1) is 15.7. The maximum absolute atomic E-state index is 13.1. The molecule has 33 heavy (non-hydrogen) atoms. The summed E-state index contributed by atoms with van der Waals surface area (Å²) in [6.45, 7) is 13.5. The number of nitrogens with zero attached hydrogens (tertiary/aromatic N) is 1. The summed E-state index contributed by atoms with van der Waals surface area (Å²) in [6.07, 6.45) is 5.35. The van der Waals surface area contributed by atoms with E-state index in [1.54, 1.807) is 0 Å². The van der Waals surface area contributed by atoms with Gasteiger partial charge < -0.3 is 15.2 Å². The minimum absolute atomic E-state index is 0.146. The number of carbonyl (C=O) groups is 1. The van der Waals surface area contributed by atoms with Crippen molar-refractivity contribution in [2.75, 3.05) is 11.9 Å². The third-order valence-electron chi connectivity index (χ3n) is 6.30. The molecule has 1 unspecified atom stereocenters. The molecule has 0 bridgehead atoms. The number of hydrogen-bond acceptors (Lipinski definition) is 1. The molecule has 0 aliphatic heterocycles. The molecule has 0 fully saturated rings. The molecule has 2 amide bonds. The number of aromatic nitrogens is 1. The predicted molar refractivity (Wildman–Crippen MR) is 141 cm³/mol. The van der Waals surface area contributed by atoms with Gasteiger partial charge >= 0.3 is 6.03 Å². The first-order valence-corrected chi connectivity index (χ1v) is 12.0. The van der Waals surface area contributed by atoms with E-state index in [-0.39, 0.29) is 11.9 Å². The summed E-state index contributed by atoms with van der Waals surface area (Å²) >= 11 is 0. The van der Waals surface area contributed by atoms with Crippen molar-refractivity contribution in [1.29, 1.82) is 0 Å². The van der Waals surface area contributed by atoms with Gasteiger partial charge in [-0.2, -0.15) is 0 Å². The molecule has 4 heteroatoms. The Kier molecular flexibility index (Phi) is 8.01. The summed E-state index contributed by atoms with van der Waals surface area (Å²) in [5.41, 5.74) is 7.07. The lowest BCUT2D eigenvalue weighted by molar-refractivity contribution is 0.251. The maximum atomic E-state index is 13.1. The molecular weight excluding hydrogens is 406 g/mol. The van der Waals surface area contributed by atoms with Gasteiger partial charge in [-0.05, 0) is 54.9 Å². The van der Waals surface area contributed by atoms with Crippen LogP contribution in [0.3, 0.4) is 0 Å². The minimum atomic E-state index is -0.146. The number of rotatable bonds is 8. The minimum Gasteiger partial charge on any atom is -0.350 e. The Balaban J connectivity index is 1.83. The highest BCUT2D eigenvalue weighted by Gasteiger charge is 2.19. The second kappa shape index (κ2) is 10.7. The van der Waals surface area contributed by atoms with Gasteiger partial charge in [0.05, 0.1) is 0 Å². The number of anilines is 1. The SMILES string of the molecule is CC(C)=CCC(CNC(=O)Nc1c(C(C)C)cccc1C(C)C)c1cn(C)c2ccccc12. The summed E-state index contributed by atoms with van der Waals surface area (Å²) in [4.78, 5) is 13.1. The first kappa shape index (κ1) is 24.6. The standard InChI is InChI=1S/C29H39N3O/c1-19(2)15-16-22(26-18-32(7)27-14-9-8-11-25(26)27)17-30-29(33)31-28-23(20(3)4)12-10-13-24(28)21(5)6/h8-15,18,20-22H,16-17H2,1-7H3,(H2,30,31,33). The fourth-order valence-corrected chi connectivity index (χ4v) is 4.47. The maximum Gasteiger partial charge on any atom is 0.319 e. The van der Waals surface area contributed by atoms with Gasteiger partial charge in [-0.1, -0.05) is 75.7 Å². The van der Waals surface area contributed by atoms with Crippen LogP contribution in [0.1, 0.15) is 82.4 Å². The van der Waals surface area contributed by atoms with Crippen molar-refractivity contribution in [3.8, 4) is 0 Å². The number of para-hydroxylation sites is 2. The van der Waals surface area contributed by atoms with E-state index in [1.165, 1.54) is 33.2 Å². The van der Waals surface area contributed by atoms with Crippen LogP contribution in [0, 0.1) is 0 Å². The van der Waals surface area contributed by atoms with Crippen LogP contribution in [0.2, 0.25) is 0 Å². The molecule has 3 aromatic rings. The zero-order valence-corrected chi connectivity index (χ0v) is 21.2. The van der Waals surface area contributed by atoms with E-state index in [9.17, 15) is 4.79 Å². The molecule has 0 aliphatic carbocycles. The van der Waals surface area contributed by atoms with Gasteiger partial charge in [-0.15, -0.1) is 0 Å². The van der Waals surface area contributed by atoms with E-state index in [4.69, 9.17) is 0 Å². The average molecular weight is 446 g/mol. The van der Waals surface area contributed by atoms with Crippen LogP contribution in [0.25, 0.3) is 10.9 Å². The molecule has 1 atom stereocenters. The predicted octanol–water partition coefficient (Wildman–Crippen LogP) is 7.69. The van der Waals surface area contributed by atoms with Crippen molar-refractivity contribution in [2.24, 2.45) is 7.05 Å². The molecule has 0 aliphatic rings. The zero-order valence-electron chi connectivity index (χ0n) is 21.2. The molecule has 2 N–H and O–H groups in total. The van der Waals surface area contributed by atoms with Gasteiger partial charge in [0.2, 0.25) is 0 Å². The monoisotopic (exact) mass is 445 g/mol. The smallest absolute Gasteiger partial charge is 0.319 e. The number of allylic oxidation sites excluding steroid dienone is 2. The van der Waals surface area contributed by atoms with E-state index in [2.05, 4.69) is 119 Å². The van der Waals surface area contributed by atoms with E-state index < -0.39 is 0 Å². The molecular formula is C29H39N3O. The number of urea groups is 1. The highest BCUT2D eigenvalue weighted by Crippen LogP contribution is 2.33. The number of fused-ring (bicyclic) bond motifs is 1. The average Bonchev–Trinajstić information content (AvgIpc) is 3.10. The third-order valence-corrected chi connectivity index (χ3v) is 6.30. The van der Waals surface area contributed by atoms with Crippen LogP contribution < -0.4 is 10.6 Å². The van der Waals surface area contributed by atoms with Gasteiger partial charge in [0.1, 0.15) is 0 Å². The fraction of sp³-hybridized carbons (Fsp3) is 0.414. The van der Waals surface area contributed by atoms with Gasteiger partial charge in [-0.25, -0.2) is 4.79 Å². The third kappa shape index (κ3) is 5.87. The molecule has 4 nitrogen and oxygen atoms in total. The highest BCUT2D eigenvalue weighted by atomic mass is 16.2. The Morgan fingerprint density at radius 1 is 0.939 bits per heavy atom. The lowest BCUT2D eigenvalue weighted by Gasteiger charge is -2.21. The molecule has 0 saturated heterocycles. The number of aryl methyl sites for hydroxylation is 1. The molecule has 3 rings (SSSR count). The number of amides is 2. The number of hydrogen-bond donors (Lipinski definition) is 2. The molecule has 0 spiro atoms. The lowest BCUT2D eigenvalue weighted by Crippen LogP contribution is -2.33. The van der Waals surface area contributed by atoms with Crippen LogP contribution in [-0.2, 0) is 7.05 Å². The Bertz CT molecular complexity index is 1110. The lowest BCUT2D eigenvalue weighted by atomic mass is 9.92. The van der Waals surface area contributed by atoms with Crippen molar-refractivity contribution in [1.82, 2.24) is 9.88 Å². The van der Waals surface area contributed by atoms with E-state index in [0.29, 0.717) is 18.4 Å². The van der Waals surface area contributed by atoms with E-state index in [1.807, 2.05) is 0 Å². The summed E-state index contributed by atoms with van der Waals surface area (Å²) < 4.78 is 2.17. The van der Waals surface area contributed by atoms with Crippen molar-refractivity contribution in [3.63, 3.8) is 0 Å². The Morgan fingerprint density at radius 3 is 2.18 bits per heavy atom. The van der Waals surface area contributed by atoms with Crippen LogP contribution in [0.4, 0.5) is 10.5 Å². The quantitative estimate of drug-likeness (QED) is 0.343. The summed E-state index contributed by atoms with van der Waals surface area (Å²) in [7, 11) is 2.08. The second-order valence-corrected chi connectivity index (χ2v) is 9.88. The van der Waals surface area contributed by atoms with Crippen molar-refractivity contribution in [3.05, 3.63) is 77.0 Å². The van der Waals surface area contributed by atoms with Gasteiger partial charge in [-0.3, -0.25) is 0 Å². The number of nitrogens with one attached hydrogen (secondary N) is 2. The van der Waals surface area contributed by atoms with Gasteiger partial charge in [0, 0.05) is 42.3 Å². The van der Waals surface area contributed by atoms with Crippen molar-refractivity contribution >= 4 is 22.6 Å². The molecule has 0 radical (unpaired) electrons. The second-order valence-electron chi connectivity index (χ2n) is 9.88. The van der Waals surface area contributed by atoms with Gasteiger partial charge in [0.25, 0.3) is 0 Å². The fourth-order valence-electron chi connectivity index (χ4n) is 4.47. The topological polar surface area (TPSA) is 46.1 Å². The van der Waals surface area contributed by atoms with E-state index in [0.717, 1.165) is 12.1 Å². The van der Waals surface area contributed by atoms with Crippen LogP contribution >= 0.6 is 0 Å². The Labute approximate surface area is 199 Å². The summed E-state index contributed by atoms with van der Waals surface area (Å²) in [6, 6.07) is 14.6. The summed E-state index contributed by atoms with van der Waals surface area (Å²) in [5.74, 6) is 0.863. The van der Waals surface area contributed by atoms with Gasteiger partial charge in [0.15, 0.2) is 0 Å². The highest BCUT2D eigenvalue weighted by molar-refractivity contribution is 5.91. The normalized spacial score (nSPS) is 12.3. The molecule has 0 saturated carbocycles. The molecule has 2 aromatic carbocycles. The first-order valence-electron chi connectivity index (χ1n) is 12.0. The van der Waals surface area contributed by atoms with Crippen LogP contribution in [0.15, 0.2) is 60.3 Å². The van der Waals surface area contributed by atoms with Crippen LogP contribution in [-0.4, -0.2) is 17.1 Å². The Morgan fingerprint density at radius 2 is 1.58 bits per heavy atom. The Hall–Kier alpha value is -3.01. The zero-order chi connectivity index (χ0) is 24.1. The van der Waals surface area contributed by atoms with E-state index >= 15 is 0 Å². The molecule has 1 aromatic heterocycles. The molecule has 1 heterocycles. The van der Waals surface area contributed by atoms with Crippen LogP contribution in [0.5, 0.6) is 0 Å². The molecule has 176 valence electrons. The van der Waals surface area contributed by atoms with Crippen molar-refractivity contribution < 1.29 is 4.79 Å². The largest absolute Gasteiger partial charge is 0.350 e. The number of carbonyl (C=O) groups excluding carboxylic acids is 1. The van der Waals surface area contributed by atoms with Crippen molar-refractivity contribution in [2.45, 2.75) is 65.7 Å².